The summed E-state index contributed by atoms with van der Waals surface area (Å²) in [6.45, 7) is 6.90. The SMILES string of the molecule is CC[C@H]1CN(C(=O)Nc2ccc(CN3CCN(C)CC3)c(C(F)F)c2)Cc2cc(Oc3ccnc4[nH]c(C#N)cc34)ccc21. The number of hydrogen-bond acceptors (Lipinski definition) is 6. The van der Waals surface area contributed by atoms with E-state index < -0.39 is 6.43 Å². The van der Waals surface area contributed by atoms with Gasteiger partial charge in [-0.25, -0.2) is 18.6 Å². The molecule has 6 rings (SSSR count). The molecule has 11 heteroatoms. The smallest absolute Gasteiger partial charge is 0.322 e. The number of carbonyl (C=O) groups is 1. The second-order valence-corrected chi connectivity index (χ2v) is 11.5. The number of ether oxygens (including phenoxy) is 1. The third kappa shape index (κ3) is 6.23. The first-order chi connectivity index (χ1) is 21.3. The topological polar surface area (TPSA) is 101 Å². The van der Waals surface area contributed by atoms with Crippen LogP contribution in [-0.2, 0) is 13.1 Å². The van der Waals surface area contributed by atoms with Gasteiger partial charge in [0.25, 0.3) is 6.43 Å². The minimum Gasteiger partial charge on any atom is -0.457 e. The first-order valence-corrected chi connectivity index (χ1v) is 14.9. The van der Waals surface area contributed by atoms with Gasteiger partial charge >= 0.3 is 6.03 Å². The number of carbonyl (C=O) groups excluding carboxylic acids is 1. The van der Waals surface area contributed by atoms with Crippen molar-refractivity contribution in [3.8, 4) is 17.6 Å². The maximum Gasteiger partial charge on any atom is 0.322 e. The van der Waals surface area contributed by atoms with Gasteiger partial charge in [-0.1, -0.05) is 19.1 Å². The fourth-order valence-corrected chi connectivity index (χ4v) is 6.07. The van der Waals surface area contributed by atoms with Gasteiger partial charge in [-0.15, -0.1) is 0 Å². The molecule has 0 saturated carbocycles. The Hall–Kier alpha value is -4.53. The number of amides is 2. The number of piperazine rings is 1. The lowest BCUT2D eigenvalue weighted by atomic mass is 9.88. The van der Waals surface area contributed by atoms with Crippen molar-refractivity contribution in [3.63, 3.8) is 0 Å². The number of alkyl halides is 2. The highest BCUT2D eigenvalue weighted by Crippen LogP contribution is 2.36. The van der Waals surface area contributed by atoms with E-state index in [0.717, 1.165) is 43.7 Å². The average Bonchev–Trinajstić information content (AvgIpc) is 3.47. The van der Waals surface area contributed by atoms with E-state index in [1.807, 2.05) is 18.2 Å². The number of rotatable bonds is 7. The summed E-state index contributed by atoms with van der Waals surface area (Å²) in [4.78, 5) is 26.8. The molecule has 2 amide bonds. The zero-order valence-electron chi connectivity index (χ0n) is 24.8. The lowest BCUT2D eigenvalue weighted by Crippen LogP contribution is -2.44. The molecule has 4 heterocycles. The molecule has 1 atom stereocenters. The van der Waals surface area contributed by atoms with E-state index in [-0.39, 0.29) is 17.5 Å². The van der Waals surface area contributed by atoms with Crippen molar-refractivity contribution >= 4 is 22.8 Å². The van der Waals surface area contributed by atoms with Crippen molar-refractivity contribution in [2.24, 2.45) is 0 Å². The number of fused-ring (bicyclic) bond motifs is 2. The van der Waals surface area contributed by atoms with Crippen LogP contribution in [-0.4, -0.2) is 70.5 Å². The Labute approximate surface area is 255 Å². The van der Waals surface area contributed by atoms with Gasteiger partial charge in [-0.2, -0.15) is 5.26 Å². The molecule has 2 aliphatic heterocycles. The summed E-state index contributed by atoms with van der Waals surface area (Å²) in [5.74, 6) is 1.29. The summed E-state index contributed by atoms with van der Waals surface area (Å²) in [5.41, 5.74) is 3.97. The van der Waals surface area contributed by atoms with Crippen LogP contribution in [0.3, 0.4) is 0 Å². The molecule has 1 saturated heterocycles. The normalized spacial score (nSPS) is 17.5. The zero-order valence-corrected chi connectivity index (χ0v) is 24.8. The number of urea groups is 1. The fraction of sp³-hybridized carbons (Fsp3) is 0.364. The number of halogens is 2. The number of benzene rings is 2. The summed E-state index contributed by atoms with van der Waals surface area (Å²) in [6, 6.07) is 15.9. The molecule has 2 N–H and O–H groups in total. The Bertz CT molecular complexity index is 1710. The van der Waals surface area contributed by atoms with Gasteiger partial charge in [0.2, 0.25) is 0 Å². The molecule has 2 aliphatic rings. The van der Waals surface area contributed by atoms with Crippen molar-refractivity contribution in [3.05, 3.63) is 82.7 Å². The van der Waals surface area contributed by atoms with Crippen molar-refractivity contribution in [2.75, 3.05) is 45.1 Å². The molecule has 1 fully saturated rings. The lowest BCUT2D eigenvalue weighted by Gasteiger charge is -2.34. The fourth-order valence-electron chi connectivity index (χ4n) is 6.07. The number of aromatic amines is 1. The molecule has 0 aliphatic carbocycles. The molecular weight excluding hydrogens is 564 g/mol. The van der Waals surface area contributed by atoms with Crippen molar-refractivity contribution in [1.29, 1.82) is 5.26 Å². The van der Waals surface area contributed by atoms with Crippen LogP contribution in [0.25, 0.3) is 11.0 Å². The maximum atomic E-state index is 14.1. The summed E-state index contributed by atoms with van der Waals surface area (Å²) < 4.78 is 34.4. The highest BCUT2D eigenvalue weighted by atomic mass is 19.3. The molecule has 44 heavy (non-hydrogen) atoms. The monoisotopic (exact) mass is 599 g/mol. The summed E-state index contributed by atoms with van der Waals surface area (Å²) >= 11 is 0. The van der Waals surface area contributed by atoms with Crippen LogP contribution in [0.15, 0.2) is 54.7 Å². The second kappa shape index (κ2) is 12.6. The van der Waals surface area contributed by atoms with Crippen LogP contribution in [0.1, 0.15) is 53.6 Å². The van der Waals surface area contributed by atoms with E-state index in [1.165, 1.54) is 6.07 Å². The predicted molar refractivity (Wildman–Crippen MR) is 164 cm³/mol. The van der Waals surface area contributed by atoms with Gasteiger partial charge in [0.1, 0.15) is 28.9 Å². The number of hydrogen-bond donors (Lipinski definition) is 2. The number of nitrogens with zero attached hydrogens (tertiary/aromatic N) is 5. The minimum atomic E-state index is -2.64. The average molecular weight is 600 g/mol. The largest absolute Gasteiger partial charge is 0.457 e. The van der Waals surface area contributed by atoms with Crippen LogP contribution in [0, 0.1) is 11.3 Å². The number of H-pyrrole nitrogens is 1. The van der Waals surface area contributed by atoms with Crippen LogP contribution in [0.4, 0.5) is 19.3 Å². The number of aromatic nitrogens is 2. The summed E-state index contributed by atoms with van der Waals surface area (Å²) in [6.07, 6.45) is -0.192. The van der Waals surface area contributed by atoms with E-state index in [0.29, 0.717) is 59.1 Å². The Morgan fingerprint density at radius 2 is 1.98 bits per heavy atom. The predicted octanol–water partition coefficient (Wildman–Crippen LogP) is 6.45. The van der Waals surface area contributed by atoms with E-state index in [1.54, 1.807) is 35.4 Å². The number of anilines is 1. The van der Waals surface area contributed by atoms with Crippen LogP contribution >= 0.6 is 0 Å². The molecule has 0 unspecified atom stereocenters. The van der Waals surface area contributed by atoms with Crippen LogP contribution in [0.5, 0.6) is 11.5 Å². The molecule has 228 valence electrons. The molecule has 0 radical (unpaired) electrons. The molecule has 2 aromatic heterocycles. The first-order valence-electron chi connectivity index (χ1n) is 14.9. The Morgan fingerprint density at radius 1 is 1.16 bits per heavy atom. The molecule has 0 spiro atoms. The number of likely N-dealkylation sites (N-methyl/N-ethyl adjacent to an activating group) is 1. The van der Waals surface area contributed by atoms with Crippen molar-refractivity contribution in [2.45, 2.75) is 38.8 Å². The van der Waals surface area contributed by atoms with E-state index in [4.69, 9.17) is 4.74 Å². The molecule has 9 nitrogen and oxygen atoms in total. The summed E-state index contributed by atoms with van der Waals surface area (Å²) in [7, 11) is 2.06. The van der Waals surface area contributed by atoms with Gasteiger partial charge in [-0.3, -0.25) is 4.90 Å². The molecule has 4 aromatic rings. The van der Waals surface area contributed by atoms with Crippen LogP contribution < -0.4 is 10.1 Å². The van der Waals surface area contributed by atoms with Crippen LogP contribution in [0.2, 0.25) is 0 Å². The van der Waals surface area contributed by atoms with Gasteiger partial charge < -0.3 is 24.8 Å². The third-order valence-corrected chi connectivity index (χ3v) is 8.60. The van der Waals surface area contributed by atoms with E-state index in [2.05, 4.69) is 45.1 Å². The number of nitrogens with one attached hydrogen (secondary N) is 2. The molecular formula is C33H35F2N7O2. The van der Waals surface area contributed by atoms with Gasteiger partial charge in [0, 0.05) is 69.2 Å². The minimum absolute atomic E-state index is 0.0477. The van der Waals surface area contributed by atoms with Crippen molar-refractivity contribution in [1.82, 2.24) is 24.7 Å². The Kier molecular flexibility index (Phi) is 8.46. The standard InChI is InChI=1S/C33H35F2N7O2/c1-3-21-19-42(33(43)39-24-5-4-22(28(15-24)31(34)35)18-41-12-10-40(2)11-13-41)20-23-14-26(6-7-27(21)23)44-30-8-9-37-32-29(30)16-25(17-36)38-32/h4-9,14-16,21,31H,3,10-13,18-20H2,1-2H3,(H,37,38)(H,39,43)/t21-/m0/s1. The second-order valence-electron chi connectivity index (χ2n) is 11.5. The van der Waals surface area contributed by atoms with Gasteiger partial charge in [-0.05, 0) is 66.6 Å². The van der Waals surface area contributed by atoms with E-state index in [9.17, 15) is 18.8 Å². The Morgan fingerprint density at radius 3 is 2.73 bits per heavy atom. The maximum absolute atomic E-state index is 14.1. The van der Waals surface area contributed by atoms with E-state index >= 15 is 0 Å². The molecule has 0 bridgehead atoms. The van der Waals surface area contributed by atoms with Crippen molar-refractivity contribution < 1.29 is 18.3 Å². The lowest BCUT2D eigenvalue weighted by molar-refractivity contribution is 0.136. The molecule has 2 aromatic carbocycles. The highest BCUT2D eigenvalue weighted by Gasteiger charge is 2.28. The highest BCUT2D eigenvalue weighted by molar-refractivity contribution is 5.90. The first kappa shape index (κ1) is 29.5. The number of pyridine rings is 1. The Balaban J connectivity index is 1.18. The van der Waals surface area contributed by atoms with Gasteiger partial charge in [0.15, 0.2) is 0 Å². The zero-order chi connectivity index (χ0) is 30.8. The summed E-state index contributed by atoms with van der Waals surface area (Å²) in [5, 5.41) is 12.8. The quantitative estimate of drug-likeness (QED) is 0.253. The third-order valence-electron chi connectivity index (χ3n) is 8.60. The number of nitriles is 1. The van der Waals surface area contributed by atoms with Gasteiger partial charge in [0.05, 0.1) is 5.39 Å².